The number of amides is 1. The van der Waals surface area contributed by atoms with E-state index in [1.165, 1.54) is 12.1 Å². The summed E-state index contributed by atoms with van der Waals surface area (Å²) in [6.45, 7) is 1.51. The van der Waals surface area contributed by atoms with Crippen molar-refractivity contribution < 1.29 is 23.5 Å². The Morgan fingerprint density at radius 1 is 1.08 bits per heavy atom. The van der Waals surface area contributed by atoms with Crippen LogP contribution in [0, 0.1) is 12.7 Å². The number of Topliss-reactive ketones (excluding diaryl/α,β-unsaturated/α-hetero) is 1. The molecule has 136 valence electrons. The van der Waals surface area contributed by atoms with Gasteiger partial charge in [-0.3, -0.25) is 14.4 Å². The molecule has 0 aromatic heterocycles. The summed E-state index contributed by atoms with van der Waals surface area (Å²) in [5, 5.41) is 2.74. The van der Waals surface area contributed by atoms with Crippen LogP contribution in [0.3, 0.4) is 0 Å². The van der Waals surface area contributed by atoms with Gasteiger partial charge >= 0.3 is 5.97 Å². The lowest BCUT2D eigenvalue weighted by Gasteiger charge is -2.06. The standard InChI is InChI=1S/C19H18FNO4S/c1-13-3-2-4-16(9-13)21-18(23)11-26-12-19(24)25-10-17(22)14-5-7-15(20)8-6-14/h2-9H,10-12H2,1H3,(H,21,23). The van der Waals surface area contributed by atoms with Gasteiger partial charge in [-0.1, -0.05) is 12.1 Å². The minimum atomic E-state index is -0.589. The van der Waals surface area contributed by atoms with Gasteiger partial charge in [0.2, 0.25) is 5.91 Å². The Hall–Kier alpha value is -2.67. The number of hydrogen-bond acceptors (Lipinski definition) is 5. The first kappa shape index (κ1) is 19.7. The Morgan fingerprint density at radius 3 is 2.50 bits per heavy atom. The third-order valence-electron chi connectivity index (χ3n) is 3.29. The molecule has 2 aromatic carbocycles. The normalized spacial score (nSPS) is 10.2. The molecule has 0 fully saturated rings. The molecule has 0 aliphatic heterocycles. The lowest BCUT2D eigenvalue weighted by molar-refractivity contribution is -0.139. The van der Waals surface area contributed by atoms with Gasteiger partial charge in [0.05, 0.1) is 11.5 Å². The van der Waals surface area contributed by atoms with Gasteiger partial charge in [-0.25, -0.2) is 4.39 Å². The third kappa shape index (κ3) is 6.68. The van der Waals surface area contributed by atoms with E-state index >= 15 is 0 Å². The van der Waals surface area contributed by atoms with Gasteiger partial charge in [-0.15, -0.1) is 11.8 Å². The quantitative estimate of drug-likeness (QED) is 0.566. The molecule has 2 aromatic rings. The topological polar surface area (TPSA) is 72.5 Å². The average molecular weight is 375 g/mol. The molecular weight excluding hydrogens is 357 g/mol. The number of esters is 1. The number of carbonyl (C=O) groups excluding carboxylic acids is 3. The number of rotatable bonds is 8. The summed E-state index contributed by atoms with van der Waals surface area (Å²) in [4.78, 5) is 35.2. The molecule has 2 rings (SSSR count). The smallest absolute Gasteiger partial charge is 0.316 e. The van der Waals surface area contributed by atoms with Crippen molar-refractivity contribution in [2.24, 2.45) is 0 Å². The first-order chi connectivity index (χ1) is 12.4. The van der Waals surface area contributed by atoms with Gasteiger partial charge in [-0.2, -0.15) is 0 Å². The van der Waals surface area contributed by atoms with Crippen LogP contribution in [0.15, 0.2) is 48.5 Å². The van der Waals surface area contributed by atoms with E-state index < -0.39 is 24.2 Å². The monoisotopic (exact) mass is 375 g/mol. The van der Waals surface area contributed by atoms with Crippen molar-refractivity contribution in [2.75, 3.05) is 23.4 Å². The molecule has 0 aliphatic carbocycles. The van der Waals surface area contributed by atoms with Gasteiger partial charge in [-0.05, 0) is 48.9 Å². The molecule has 1 amide bonds. The number of hydrogen-bond donors (Lipinski definition) is 1. The zero-order valence-corrected chi connectivity index (χ0v) is 15.0. The summed E-state index contributed by atoms with van der Waals surface area (Å²) in [6.07, 6.45) is 0. The maximum atomic E-state index is 12.8. The van der Waals surface area contributed by atoms with Crippen molar-refractivity contribution in [3.05, 3.63) is 65.5 Å². The highest BCUT2D eigenvalue weighted by atomic mass is 32.2. The van der Waals surface area contributed by atoms with E-state index in [-0.39, 0.29) is 23.0 Å². The third-order valence-corrected chi connectivity index (χ3v) is 4.19. The van der Waals surface area contributed by atoms with Gasteiger partial charge in [0.1, 0.15) is 5.82 Å². The molecule has 0 atom stereocenters. The highest BCUT2D eigenvalue weighted by molar-refractivity contribution is 8.00. The second-order valence-corrected chi connectivity index (χ2v) is 6.49. The lowest BCUT2D eigenvalue weighted by atomic mass is 10.1. The number of carbonyl (C=O) groups is 3. The summed E-state index contributed by atoms with van der Waals surface area (Å²) in [5.41, 5.74) is 2.00. The SMILES string of the molecule is Cc1cccc(NC(=O)CSCC(=O)OCC(=O)c2ccc(F)cc2)c1. The van der Waals surface area contributed by atoms with Crippen molar-refractivity contribution in [1.82, 2.24) is 0 Å². The zero-order valence-electron chi connectivity index (χ0n) is 14.2. The number of halogens is 1. The molecule has 1 N–H and O–H groups in total. The highest BCUT2D eigenvalue weighted by Gasteiger charge is 2.11. The first-order valence-corrected chi connectivity index (χ1v) is 8.98. The van der Waals surface area contributed by atoms with Crippen molar-refractivity contribution in [2.45, 2.75) is 6.92 Å². The van der Waals surface area contributed by atoms with E-state index in [0.717, 1.165) is 29.5 Å². The second-order valence-electron chi connectivity index (χ2n) is 5.50. The van der Waals surface area contributed by atoms with Crippen LogP contribution >= 0.6 is 11.8 Å². The molecule has 0 spiro atoms. The largest absolute Gasteiger partial charge is 0.457 e. The van der Waals surface area contributed by atoms with Crippen LogP contribution in [-0.2, 0) is 14.3 Å². The molecule has 5 nitrogen and oxygen atoms in total. The van der Waals surface area contributed by atoms with Gasteiger partial charge in [0, 0.05) is 11.3 Å². The molecule has 0 bridgehead atoms. The molecular formula is C19H18FNO4S. The number of anilines is 1. The zero-order chi connectivity index (χ0) is 18.9. The van der Waals surface area contributed by atoms with Gasteiger partial charge < -0.3 is 10.1 Å². The summed E-state index contributed by atoms with van der Waals surface area (Å²) < 4.78 is 17.7. The van der Waals surface area contributed by atoms with Crippen molar-refractivity contribution in [3.8, 4) is 0 Å². The maximum absolute atomic E-state index is 12.8. The Morgan fingerprint density at radius 2 is 1.81 bits per heavy atom. The number of benzene rings is 2. The number of thioether (sulfide) groups is 1. The molecule has 0 heterocycles. The van der Waals surface area contributed by atoms with E-state index in [0.29, 0.717) is 5.69 Å². The van der Waals surface area contributed by atoms with Gasteiger partial charge in [0.25, 0.3) is 0 Å². The molecule has 0 saturated heterocycles. The first-order valence-electron chi connectivity index (χ1n) is 7.82. The molecule has 26 heavy (non-hydrogen) atoms. The molecule has 0 unspecified atom stereocenters. The Labute approximate surface area is 154 Å². The van der Waals surface area contributed by atoms with E-state index in [9.17, 15) is 18.8 Å². The summed E-state index contributed by atoms with van der Waals surface area (Å²) in [7, 11) is 0. The van der Waals surface area contributed by atoms with E-state index in [4.69, 9.17) is 4.74 Å². The van der Waals surface area contributed by atoms with Crippen LogP contribution in [-0.4, -0.2) is 35.8 Å². The Kier molecular flexibility index (Phi) is 7.35. The fourth-order valence-electron chi connectivity index (χ4n) is 2.05. The van der Waals surface area contributed by atoms with Crippen LogP contribution in [0.1, 0.15) is 15.9 Å². The van der Waals surface area contributed by atoms with E-state index in [1.807, 2.05) is 25.1 Å². The van der Waals surface area contributed by atoms with Crippen molar-refractivity contribution in [3.63, 3.8) is 0 Å². The minimum Gasteiger partial charge on any atom is -0.457 e. The number of ketones is 1. The average Bonchev–Trinajstić information content (AvgIpc) is 2.60. The predicted molar refractivity (Wildman–Crippen MR) is 98.8 cm³/mol. The number of aryl methyl sites for hydroxylation is 1. The van der Waals surface area contributed by atoms with E-state index in [2.05, 4.69) is 5.32 Å². The molecule has 0 aliphatic rings. The Balaban J connectivity index is 1.66. The molecule has 0 radical (unpaired) electrons. The molecule has 0 saturated carbocycles. The van der Waals surface area contributed by atoms with Crippen LogP contribution in [0.25, 0.3) is 0 Å². The summed E-state index contributed by atoms with van der Waals surface area (Å²) in [6, 6.07) is 12.4. The predicted octanol–water partition coefficient (Wildman–Crippen LogP) is 3.23. The minimum absolute atomic E-state index is 0.0437. The number of nitrogens with one attached hydrogen (secondary N) is 1. The number of ether oxygens (including phenoxy) is 1. The van der Waals surface area contributed by atoms with Crippen LogP contribution < -0.4 is 5.32 Å². The maximum Gasteiger partial charge on any atom is 0.316 e. The van der Waals surface area contributed by atoms with Crippen LogP contribution in [0.2, 0.25) is 0 Å². The fourth-order valence-corrected chi connectivity index (χ4v) is 2.66. The van der Waals surface area contributed by atoms with Crippen LogP contribution in [0.5, 0.6) is 0 Å². The summed E-state index contributed by atoms with van der Waals surface area (Å²) >= 11 is 1.09. The van der Waals surface area contributed by atoms with Crippen LogP contribution in [0.4, 0.5) is 10.1 Å². The Bertz CT molecular complexity index is 792. The lowest BCUT2D eigenvalue weighted by Crippen LogP contribution is -2.18. The summed E-state index contributed by atoms with van der Waals surface area (Å²) in [5.74, 6) is -1.63. The fraction of sp³-hybridized carbons (Fsp3) is 0.211. The van der Waals surface area contributed by atoms with E-state index in [1.54, 1.807) is 6.07 Å². The van der Waals surface area contributed by atoms with Crippen molar-refractivity contribution in [1.29, 1.82) is 0 Å². The highest BCUT2D eigenvalue weighted by Crippen LogP contribution is 2.11. The van der Waals surface area contributed by atoms with Crippen molar-refractivity contribution >= 4 is 35.1 Å². The molecule has 7 heteroatoms. The second kappa shape index (κ2) is 9.72. The van der Waals surface area contributed by atoms with Gasteiger partial charge in [0.15, 0.2) is 12.4 Å².